The van der Waals surface area contributed by atoms with Gasteiger partial charge in [-0.05, 0) is 27.0 Å². The van der Waals surface area contributed by atoms with Gasteiger partial charge in [0, 0.05) is 0 Å². The first-order valence-electron chi connectivity index (χ1n) is 4.48. The van der Waals surface area contributed by atoms with E-state index in [-0.39, 0.29) is 5.97 Å². The van der Waals surface area contributed by atoms with E-state index >= 15 is 0 Å². The van der Waals surface area contributed by atoms with Crippen molar-refractivity contribution in [1.82, 2.24) is 0 Å². The molecule has 0 amide bonds. The highest BCUT2D eigenvalue weighted by molar-refractivity contribution is 8.12. The fraction of sp³-hybridized carbons (Fsp3) is 0.778. The molecule has 0 radical (unpaired) electrons. The Hall–Kier alpha value is -0.710. The van der Waals surface area contributed by atoms with Crippen molar-refractivity contribution >= 4 is 23.0 Å². The summed E-state index contributed by atoms with van der Waals surface area (Å²) in [7, 11) is 0. The van der Waals surface area contributed by atoms with E-state index in [0.29, 0.717) is 11.8 Å². The standard InChI is InChI=1S/C9H15NO3S/c1-5-12-7(11)6-9(2,3)13-8(10-6)14-4/h6H,5H2,1-4H3. The Kier molecular flexibility index (Phi) is 3.42. The monoisotopic (exact) mass is 217 g/mol. The molecule has 1 aliphatic rings. The van der Waals surface area contributed by atoms with E-state index in [1.165, 1.54) is 11.8 Å². The Labute approximate surface area is 88.1 Å². The Morgan fingerprint density at radius 3 is 2.79 bits per heavy atom. The minimum absolute atomic E-state index is 0.318. The Balaban J connectivity index is 2.75. The number of hydrogen-bond donors (Lipinski definition) is 0. The first-order valence-corrected chi connectivity index (χ1v) is 5.71. The lowest BCUT2D eigenvalue weighted by molar-refractivity contribution is -0.148. The molecule has 80 valence electrons. The highest BCUT2D eigenvalue weighted by atomic mass is 32.2. The van der Waals surface area contributed by atoms with E-state index in [0.717, 1.165) is 0 Å². The molecule has 1 atom stereocenters. The smallest absolute Gasteiger partial charge is 0.335 e. The summed E-state index contributed by atoms with van der Waals surface area (Å²) in [5.74, 6) is -0.318. The van der Waals surface area contributed by atoms with Gasteiger partial charge in [0.15, 0.2) is 6.04 Å². The number of ether oxygens (including phenoxy) is 2. The third-order valence-corrected chi connectivity index (χ3v) is 2.47. The van der Waals surface area contributed by atoms with Crippen molar-refractivity contribution in [2.24, 2.45) is 4.99 Å². The predicted molar refractivity (Wildman–Crippen MR) is 56.5 cm³/mol. The van der Waals surface area contributed by atoms with Gasteiger partial charge in [-0.2, -0.15) is 0 Å². The lowest BCUT2D eigenvalue weighted by atomic mass is 10.0. The SMILES string of the molecule is CCOC(=O)C1N=C(SC)OC1(C)C. The maximum absolute atomic E-state index is 11.5. The molecular weight excluding hydrogens is 202 g/mol. The zero-order valence-corrected chi connectivity index (χ0v) is 9.68. The average Bonchev–Trinajstić information content (AvgIpc) is 2.41. The van der Waals surface area contributed by atoms with Gasteiger partial charge >= 0.3 is 5.97 Å². The van der Waals surface area contributed by atoms with Crippen molar-refractivity contribution in [3.8, 4) is 0 Å². The highest BCUT2D eigenvalue weighted by Crippen LogP contribution is 2.29. The molecule has 1 heterocycles. The number of hydrogen-bond acceptors (Lipinski definition) is 5. The van der Waals surface area contributed by atoms with E-state index in [9.17, 15) is 4.79 Å². The number of aliphatic imine (C=N–C) groups is 1. The van der Waals surface area contributed by atoms with E-state index in [2.05, 4.69) is 4.99 Å². The molecule has 0 aromatic carbocycles. The van der Waals surface area contributed by atoms with Crippen LogP contribution in [0.5, 0.6) is 0 Å². The summed E-state index contributed by atoms with van der Waals surface area (Å²) >= 11 is 1.39. The average molecular weight is 217 g/mol. The van der Waals surface area contributed by atoms with Crippen molar-refractivity contribution in [3.05, 3.63) is 0 Å². The third kappa shape index (κ3) is 2.20. The molecule has 0 saturated carbocycles. The molecule has 1 unspecified atom stereocenters. The van der Waals surface area contributed by atoms with Crippen LogP contribution in [0.1, 0.15) is 20.8 Å². The second-order valence-corrected chi connectivity index (χ2v) is 4.22. The van der Waals surface area contributed by atoms with Gasteiger partial charge in [-0.25, -0.2) is 9.79 Å². The second-order valence-electron chi connectivity index (χ2n) is 3.46. The second kappa shape index (κ2) is 4.21. The van der Waals surface area contributed by atoms with Crippen molar-refractivity contribution in [1.29, 1.82) is 0 Å². The Bertz CT molecular complexity index is 263. The molecule has 0 spiro atoms. The third-order valence-electron chi connectivity index (χ3n) is 1.93. The molecule has 0 aliphatic carbocycles. The summed E-state index contributed by atoms with van der Waals surface area (Å²) in [4.78, 5) is 15.7. The van der Waals surface area contributed by atoms with Crippen molar-refractivity contribution in [2.75, 3.05) is 12.9 Å². The number of carbonyl (C=O) groups excluding carboxylic acids is 1. The summed E-state index contributed by atoms with van der Waals surface area (Å²) in [5.41, 5.74) is -0.593. The van der Waals surface area contributed by atoms with Crippen LogP contribution in [-0.2, 0) is 14.3 Å². The molecule has 1 rings (SSSR count). The highest BCUT2D eigenvalue weighted by Gasteiger charge is 2.44. The fourth-order valence-corrected chi connectivity index (χ4v) is 1.73. The number of nitrogens with zero attached hydrogens (tertiary/aromatic N) is 1. The van der Waals surface area contributed by atoms with Crippen LogP contribution in [0.25, 0.3) is 0 Å². The number of thioether (sulfide) groups is 1. The zero-order valence-electron chi connectivity index (χ0n) is 8.86. The van der Waals surface area contributed by atoms with Crippen LogP contribution in [0.15, 0.2) is 4.99 Å². The molecule has 1 aliphatic heterocycles. The maximum Gasteiger partial charge on any atom is 0.335 e. The Morgan fingerprint density at radius 1 is 1.71 bits per heavy atom. The molecule has 0 N–H and O–H groups in total. The van der Waals surface area contributed by atoms with Crippen molar-refractivity contribution in [2.45, 2.75) is 32.4 Å². The van der Waals surface area contributed by atoms with Gasteiger partial charge in [0.05, 0.1) is 6.61 Å². The van der Waals surface area contributed by atoms with Crippen LogP contribution < -0.4 is 0 Å². The van der Waals surface area contributed by atoms with Crippen LogP contribution in [0, 0.1) is 0 Å². The van der Waals surface area contributed by atoms with Crippen LogP contribution in [0.3, 0.4) is 0 Å². The fourth-order valence-electron chi connectivity index (χ4n) is 1.22. The predicted octanol–water partition coefficient (Wildman–Crippen LogP) is 1.45. The summed E-state index contributed by atoms with van der Waals surface area (Å²) in [5, 5.41) is 0.549. The summed E-state index contributed by atoms with van der Waals surface area (Å²) in [6.45, 7) is 5.82. The van der Waals surface area contributed by atoms with Crippen LogP contribution in [0.2, 0.25) is 0 Å². The Morgan fingerprint density at radius 2 is 2.36 bits per heavy atom. The molecule has 0 bridgehead atoms. The van der Waals surface area contributed by atoms with Gasteiger partial charge < -0.3 is 9.47 Å². The molecule has 5 heteroatoms. The quantitative estimate of drug-likeness (QED) is 0.657. The van der Waals surface area contributed by atoms with Crippen LogP contribution in [0.4, 0.5) is 0 Å². The van der Waals surface area contributed by atoms with Gasteiger partial charge in [0.25, 0.3) is 0 Å². The first kappa shape index (κ1) is 11.4. The lowest BCUT2D eigenvalue weighted by Gasteiger charge is -2.22. The molecule has 0 aromatic heterocycles. The van der Waals surface area contributed by atoms with E-state index < -0.39 is 11.6 Å². The summed E-state index contributed by atoms with van der Waals surface area (Å²) in [6.07, 6.45) is 1.86. The largest absolute Gasteiger partial charge is 0.464 e. The van der Waals surface area contributed by atoms with Gasteiger partial charge in [-0.3, -0.25) is 0 Å². The molecule has 0 saturated heterocycles. The molecule has 0 aromatic rings. The van der Waals surface area contributed by atoms with Gasteiger partial charge in [-0.1, -0.05) is 11.8 Å². The number of esters is 1. The maximum atomic E-state index is 11.5. The number of rotatable bonds is 2. The van der Waals surface area contributed by atoms with E-state index in [1.807, 2.05) is 20.1 Å². The minimum atomic E-state index is -0.593. The van der Waals surface area contributed by atoms with E-state index in [1.54, 1.807) is 6.92 Å². The first-order chi connectivity index (χ1) is 6.51. The normalized spacial score (nSPS) is 24.0. The van der Waals surface area contributed by atoms with Crippen molar-refractivity contribution in [3.63, 3.8) is 0 Å². The molecular formula is C9H15NO3S. The number of carbonyl (C=O) groups is 1. The van der Waals surface area contributed by atoms with Crippen LogP contribution in [-0.4, -0.2) is 35.7 Å². The molecule has 4 nitrogen and oxygen atoms in total. The van der Waals surface area contributed by atoms with Gasteiger partial charge in [0.1, 0.15) is 5.60 Å². The summed E-state index contributed by atoms with van der Waals surface area (Å²) in [6, 6.07) is -0.537. The van der Waals surface area contributed by atoms with Crippen LogP contribution >= 0.6 is 11.8 Å². The molecule has 14 heavy (non-hydrogen) atoms. The van der Waals surface area contributed by atoms with Gasteiger partial charge in [-0.15, -0.1) is 0 Å². The molecule has 0 fully saturated rings. The van der Waals surface area contributed by atoms with E-state index in [4.69, 9.17) is 9.47 Å². The van der Waals surface area contributed by atoms with Crippen molar-refractivity contribution < 1.29 is 14.3 Å². The lowest BCUT2D eigenvalue weighted by Crippen LogP contribution is -2.40. The topological polar surface area (TPSA) is 47.9 Å². The zero-order chi connectivity index (χ0) is 10.8. The minimum Gasteiger partial charge on any atom is -0.464 e. The van der Waals surface area contributed by atoms with Gasteiger partial charge in [0.2, 0.25) is 5.23 Å². The summed E-state index contributed by atoms with van der Waals surface area (Å²) < 4.78 is 10.4.